The van der Waals surface area contributed by atoms with Gasteiger partial charge in [0, 0.05) is 6.54 Å². The van der Waals surface area contributed by atoms with Gasteiger partial charge in [-0.3, -0.25) is 9.20 Å². The van der Waals surface area contributed by atoms with Crippen LogP contribution in [0.4, 0.5) is 0 Å². The average Bonchev–Trinajstić information content (AvgIpc) is 3.22. The van der Waals surface area contributed by atoms with E-state index in [1.165, 1.54) is 11.3 Å². The first-order valence-corrected chi connectivity index (χ1v) is 9.10. The summed E-state index contributed by atoms with van der Waals surface area (Å²) >= 11 is 4.86. The Kier molecular flexibility index (Phi) is 3.66. The number of hydrogen-bond acceptors (Lipinski definition) is 3. The lowest BCUT2D eigenvalue weighted by molar-refractivity contribution is 0.103. The molecule has 0 radical (unpaired) electrons. The van der Waals surface area contributed by atoms with E-state index in [-0.39, 0.29) is 5.78 Å². The number of allylic oxidation sites excluding steroid dienone is 1. The molecule has 1 aromatic carbocycles. The predicted molar refractivity (Wildman–Crippen MR) is 101 cm³/mol. The number of hydrogen-bond donors (Lipinski definition) is 0. The summed E-state index contributed by atoms with van der Waals surface area (Å²) in [4.78, 5) is 18.4. The summed E-state index contributed by atoms with van der Waals surface area (Å²) in [7, 11) is 0. The van der Waals surface area contributed by atoms with Crippen LogP contribution >= 0.6 is 27.3 Å². The molecular formula is C18H14BrN3OS. The van der Waals surface area contributed by atoms with Crippen LogP contribution in [0.25, 0.3) is 16.8 Å². The van der Waals surface area contributed by atoms with Gasteiger partial charge in [-0.05, 0) is 47.1 Å². The second kappa shape index (κ2) is 5.72. The quantitative estimate of drug-likeness (QED) is 0.363. The van der Waals surface area contributed by atoms with Gasteiger partial charge in [0.15, 0.2) is 0 Å². The fourth-order valence-corrected chi connectivity index (χ4v) is 4.37. The van der Waals surface area contributed by atoms with E-state index in [2.05, 4.69) is 32.1 Å². The van der Waals surface area contributed by atoms with E-state index in [4.69, 9.17) is 0 Å². The topological polar surface area (TPSA) is 39.3 Å². The Hall–Kier alpha value is -2.18. The number of rotatable bonds is 4. The maximum atomic E-state index is 13.1. The Balaban J connectivity index is 2.06. The molecule has 0 aliphatic heterocycles. The number of halogens is 1. The normalized spacial score (nSPS) is 11.4. The van der Waals surface area contributed by atoms with Gasteiger partial charge in [0.2, 0.25) is 11.6 Å². The first-order chi connectivity index (χ1) is 11.6. The van der Waals surface area contributed by atoms with E-state index in [1.54, 1.807) is 0 Å². The molecule has 0 unspecified atom stereocenters. The Morgan fingerprint density at radius 2 is 2.04 bits per heavy atom. The third-order valence-corrected chi connectivity index (χ3v) is 5.64. The number of carbonyl (C=O) groups is 1. The Morgan fingerprint density at radius 3 is 2.71 bits per heavy atom. The smallest absolute Gasteiger partial charge is 0.221 e. The standard InChI is InChI=1S/C18H14BrN3OS/c1-3-10-21-12-6-4-5-7-13(12)22-16(11(2)20-18(21)22)17(23)14-8-9-15(19)24-14/h3-9H,1,10H2,2H3. The van der Waals surface area contributed by atoms with Gasteiger partial charge in [-0.25, -0.2) is 4.98 Å². The third-order valence-electron chi connectivity index (χ3n) is 4.01. The fourth-order valence-electron chi connectivity index (χ4n) is 3.04. The van der Waals surface area contributed by atoms with Crippen molar-refractivity contribution in [1.82, 2.24) is 14.0 Å². The highest BCUT2D eigenvalue weighted by molar-refractivity contribution is 9.11. The van der Waals surface area contributed by atoms with Gasteiger partial charge in [-0.1, -0.05) is 18.2 Å². The van der Waals surface area contributed by atoms with Gasteiger partial charge in [0.1, 0.15) is 5.69 Å². The van der Waals surface area contributed by atoms with Gasteiger partial charge < -0.3 is 4.57 Å². The van der Waals surface area contributed by atoms with E-state index in [1.807, 2.05) is 53.8 Å². The highest BCUT2D eigenvalue weighted by atomic mass is 79.9. The van der Waals surface area contributed by atoms with E-state index >= 15 is 0 Å². The van der Waals surface area contributed by atoms with Crippen LogP contribution in [0.15, 0.2) is 52.8 Å². The van der Waals surface area contributed by atoms with E-state index in [0.29, 0.717) is 17.1 Å². The second-order valence-electron chi connectivity index (χ2n) is 5.50. The van der Waals surface area contributed by atoms with Crippen molar-refractivity contribution in [3.05, 3.63) is 69.1 Å². The van der Waals surface area contributed by atoms with Gasteiger partial charge in [-0.2, -0.15) is 0 Å². The molecule has 0 amide bonds. The molecule has 0 spiro atoms. The maximum Gasteiger partial charge on any atom is 0.221 e. The van der Waals surface area contributed by atoms with E-state index in [0.717, 1.165) is 26.3 Å². The summed E-state index contributed by atoms with van der Waals surface area (Å²) in [6.07, 6.45) is 1.84. The zero-order valence-electron chi connectivity index (χ0n) is 13.0. The van der Waals surface area contributed by atoms with Crippen LogP contribution < -0.4 is 0 Å². The minimum atomic E-state index is -0.00259. The number of thiophene rings is 1. The fraction of sp³-hybridized carbons (Fsp3) is 0.111. The van der Waals surface area contributed by atoms with Crippen molar-refractivity contribution in [3.63, 3.8) is 0 Å². The van der Waals surface area contributed by atoms with Crippen LogP contribution in [0, 0.1) is 6.92 Å². The minimum Gasteiger partial charge on any atom is -0.306 e. The Labute approximate surface area is 151 Å². The van der Waals surface area contributed by atoms with Crippen LogP contribution in [-0.4, -0.2) is 19.7 Å². The molecule has 0 bridgehead atoms. The molecule has 4 aromatic rings. The molecule has 0 aliphatic carbocycles. The maximum absolute atomic E-state index is 13.1. The Bertz CT molecular complexity index is 1100. The molecule has 0 saturated heterocycles. The first-order valence-electron chi connectivity index (χ1n) is 7.49. The number of benzene rings is 1. The van der Waals surface area contributed by atoms with Crippen LogP contribution in [0.5, 0.6) is 0 Å². The van der Waals surface area contributed by atoms with Crippen LogP contribution in [0.3, 0.4) is 0 Å². The van der Waals surface area contributed by atoms with Gasteiger partial charge in [-0.15, -0.1) is 17.9 Å². The summed E-state index contributed by atoms with van der Waals surface area (Å²) in [6, 6.07) is 11.8. The molecule has 4 rings (SSSR count). The summed E-state index contributed by atoms with van der Waals surface area (Å²) < 4.78 is 4.99. The van der Waals surface area contributed by atoms with Crippen molar-refractivity contribution in [2.24, 2.45) is 0 Å². The summed E-state index contributed by atoms with van der Waals surface area (Å²) in [5.74, 6) is 0.768. The number of ketones is 1. The first kappa shape index (κ1) is 15.4. The SMILES string of the molecule is C=CCn1c2ccccc2n2c(C(=O)c3ccc(Br)s3)c(C)nc12. The number of aromatic nitrogens is 3. The van der Waals surface area contributed by atoms with Crippen molar-refractivity contribution in [1.29, 1.82) is 0 Å². The molecular weight excluding hydrogens is 386 g/mol. The molecule has 0 saturated carbocycles. The summed E-state index contributed by atoms with van der Waals surface area (Å²) in [6.45, 7) is 6.36. The molecule has 6 heteroatoms. The summed E-state index contributed by atoms with van der Waals surface area (Å²) in [5, 5.41) is 0. The number of nitrogens with zero attached hydrogens (tertiary/aromatic N) is 3. The Morgan fingerprint density at radius 1 is 1.29 bits per heavy atom. The summed E-state index contributed by atoms with van der Waals surface area (Å²) in [5.41, 5.74) is 3.39. The predicted octanol–water partition coefficient (Wildman–Crippen LogP) is 4.84. The van der Waals surface area contributed by atoms with Crippen molar-refractivity contribution in [3.8, 4) is 0 Å². The van der Waals surface area contributed by atoms with E-state index in [9.17, 15) is 4.79 Å². The number of fused-ring (bicyclic) bond motifs is 3. The number of imidazole rings is 2. The van der Waals surface area contributed by atoms with Gasteiger partial charge >= 0.3 is 0 Å². The number of para-hydroxylation sites is 2. The molecule has 4 nitrogen and oxygen atoms in total. The molecule has 0 N–H and O–H groups in total. The highest BCUT2D eigenvalue weighted by Gasteiger charge is 2.24. The molecule has 0 fully saturated rings. The average molecular weight is 400 g/mol. The molecule has 3 heterocycles. The monoisotopic (exact) mass is 399 g/mol. The molecule has 0 atom stereocenters. The van der Waals surface area contributed by atoms with Crippen LogP contribution in [0.1, 0.15) is 21.1 Å². The highest BCUT2D eigenvalue weighted by Crippen LogP contribution is 2.29. The van der Waals surface area contributed by atoms with Gasteiger partial charge in [0.05, 0.1) is 25.4 Å². The van der Waals surface area contributed by atoms with E-state index < -0.39 is 0 Å². The van der Waals surface area contributed by atoms with Crippen molar-refractivity contribution in [2.75, 3.05) is 0 Å². The lowest BCUT2D eigenvalue weighted by Gasteiger charge is -2.00. The lowest BCUT2D eigenvalue weighted by atomic mass is 10.2. The number of carbonyl (C=O) groups excluding carboxylic acids is 1. The minimum absolute atomic E-state index is 0.00259. The second-order valence-corrected chi connectivity index (χ2v) is 7.97. The third kappa shape index (κ3) is 2.17. The number of aryl methyl sites for hydroxylation is 1. The van der Waals surface area contributed by atoms with Crippen molar-refractivity contribution in [2.45, 2.75) is 13.5 Å². The molecule has 120 valence electrons. The van der Waals surface area contributed by atoms with Crippen molar-refractivity contribution >= 4 is 49.9 Å². The molecule has 0 aliphatic rings. The van der Waals surface area contributed by atoms with Gasteiger partial charge in [0.25, 0.3) is 0 Å². The van der Waals surface area contributed by atoms with Crippen LogP contribution in [-0.2, 0) is 6.54 Å². The molecule has 3 aromatic heterocycles. The van der Waals surface area contributed by atoms with Crippen molar-refractivity contribution < 1.29 is 4.79 Å². The largest absolute Gasteiger partial charge is 0.306 e. The zero-order valence-corrected chi connectivity index (χ0v) is 15.4. The van der Waals surface area contributed by atoms with Crippen LogP contribution in [0.2, 0.25) is 0 Å². The zero-order chi connectivity index (χ0) is 16.8. The molecule has 24 heavy (non-hydrogen) atoms. The lowest BCUT2D eigenvalue weighted by Crippen LogP contribution is -2.04.